The second-order valence-electron chi connectivity index (χ2n) is 3.79. The highest BCUT2D eigenvalue weighted by atomic mass is 32.1. The van der Waals surface area contributed by atoms with Crippen LogP contribution in [0.4, 0.5) is 0 Å². The summed E-state index contributed by atoms with van der Waals surface area (Å²) in [5.41, 5.74) is 6.58. The predicted molar refractivity (Wildman–Crippen MR) is 64.4 cm³/mol. The summed E-state index contributed by atoms with van der Waals surface area (Å²) >= 11 is 1.59. The van der Waals surface area contributed by atoms with Gasteiger partial charge in [0.05, 0.1) is 4.88 Å². The molecule has 0 fully saturated rings. The third-order valence-corrected chi connectivity index (χ3v) is 3.14. The van der Waals surface area contributed by atoms with Crippen LogP contribution in [-0.2, 0) is 0 Å². The number of nitrogens with zero attached hydrogens (tertiary/aromatic N) is 2. The van der Waals surface area contributed by atoms with E-state index >= 15 is 0 Å². The van der Waals surface area contributed by atoms with Gasteiger partial charge in [-0.2, -0.15) is 5.10 Å². The molecule has 0 aliphatic carbocycles. The first-order valence-corrected chi connectivity index (χ1v) is 5.91. The third-order valence-electron chi connectivity index (χ3n) is 2.25. The molecule has 0 aliphatic rings. The van der Waals surface area contributed by atoms with Crippen molar-refractivity contribution in [2.45, 2.75) is 19.9 Å². The summed E-state index contributed by atoms with van der Waals surface area (Å²) in [5.74, 6) is -0.441. The lowest BCUT2D eigenvalue weighted by atomic mass is 10.3. The number of carbonyl (C=O) groups is 1. The third kappa shape index (κ3) is 1.86. The molecule has 0 unspecified atom stereocenters. The smallest absolute Gasteiger partial charge is 0.267 e. The first kappa shape index (κ1) is 10.9. The quantitative estimate of drug-likeness (QED) is 0.887. The summed E-state index contributed by atoms with van der Waals surface area (Å²) in [6.45, 7) is 3.94. The lowest BCUT2D eigenvalue weighted by Crippen LogP contribution is -2.18. The van der Waals surface area contributed by atoms with Crippen molar-refractivity contribution in [3.8, 4) is 10.6 Å². The van der Waals surface area contributed by atoms with Crippen molar-refractivity contribution in [2.75, 3.05) is 0 Å². The Balaban J connectivity index is 2.51. The fraction of sp³-hybridized carbons (Fsp3) is 0.273. The minimum atomic E-state index is -0.441. The van der Waals surface area contributed by atoms with Gasteiger partial charge >= 0.3 is 0 Å². The van der Waals surface area contributed by atoms with Gasteiger partial charge < -0.3 is 5.73 Å². The maximum absolute atomic E-state index is 11.3. The zero-order valence-corrected chi connectivity index (χ0v) is 9.99. The Morgan fingerprint density at radius 2 is 2.31 bits per heavy atom. The van der Waals surface area contributed by atoms with Gasteiger partial charge in [0.2, 0.25) is 0 Å². The topological polar surface area (TPSA) is 60.9 Å². The van der Waals surface area contributed by atoms with Gasteiger partial charge in [-0.3, -0.25) is 9.48 Å². The molecule has 2 rings (SSSR count). The van der Waals surface area contributed by atoms with Crippen molar-refractivity contribution in [1.82, 2.24) is 9.78 Å². The molecule has 0 bridgehead atoms. The van der Waals surface area contributed by atoms with E-state index < -0.39 is 5.91 Å². The van der Waals surface area contributed by atoms with Crippen molar-refractivity contribution < 1.29 is 4.79 Å². The molecule has 0 aliphatic heterocycles. The van der Waals surface area contributed by atoms with E-state index in [0.717, 1.165) is 10.6 Å². The summed E-state index contributed by atoms with van der Waals surface area (Å²) in [6.07, 6.45) is 0. The molecular weight excluding hydrogens is 222 g/mol. The molecule has 2 aromatic rings. The van der Waals surface area contributed by atoms with Gasteiger partial charge in [-0.25, -0.2) is 0 Å². The molecule has 0 radical (unpaired) electrons. The molecule has 1 amide bonds. The number of primary amides is 1. The Morgan fingerprint density at radius 3 is 2.75 bits per heavy atom. The molecule has 0 saturated heterocycles. The minimum Gasteiger partial charge on any atom is -0.364 e. The van der Waals surface area contributed by atoms with Crippen molar-refractivity contribution >= 4 is 17.2 Å². The van der Waals surface area contributed by atoms with E-state index in [2.05, 4.69) is 5.10 Å². The number of carbonyl (C=O) groups excluding carboxylic acids is 1. The molecule has 0 atom stereocenters. The fourth-order valence-electron chi connectivity index (χ4n) is 1.52. The van der Waals surface area contributed by atoms with Gasteiger partial charge in [0.1, 0.15) is 11.4 Å². The number of hydrogen-bond donors (Lipinski definition) is 1. The van der Waals surface area contributed by atoms with Crippen LogP contribution < -0.4 is 5.73 Å². The zero-order chi connectivity index (χ0) is 11.7. The highest BCUT2D eigenvalue weighted by Crippen LogP contribution is 2.25. The zero-order valence-electron chi connectivity index (χ0n) is 9.18. The summed E-state index contributed by atoms with van der Waals surface area (Å²) in [5, 5.41) is 6.38. The van der Waals surface area contributed by atoms with Crippen LogP contribution in [0.2, 0.25) is 0 Å². The number of thiophene rings is 1. The van der Waals surface area contributed by atoms with E-state index in [4.69, 9.17) is 5.73 Å². The van der Waals surface area contributed by atoms with Crippen molar-refractivity contribution in [2.24, 2.45) is 5.73 Å². The molecule has 4 nitrogen and oxygen atoms in total. The van der Waals surface area contributed by atoms with Crippen molar-refractivity contribution in [1.29, 1.82) is 0 Å². The Bertz CT molecular complexity index is 499. The van der Waals surface area contributed by atoms with Crippen LogP contribution in [0.15, 0.2) is 23.6 Å². The number of nitrogens with two attached hydrogens (primary N) is 1. The van der Waals surface area contributed by atoms with E-state index in [1.54, 1.807) is 22.1 Å². The van der Waals surface area contributed by atoms with E-state index in [1.165, 1.54) is 0 Å². The highest BCUT2D eigenvalue weighted by molar-refractivity contribution is 7.13. The Hall–Kier alpha value is -1.62. The van der Waals surface area contributed by atoms with Gasteiger partial charge in [0, 0.05) is 6.04 Å². The largest absolute Gasteiger partial charge is 0.364 e. The minimum absolute atomic E-state index is 0.121. The summed E-state index contributed by atoms with van der Waals surface area (Å²) < 4.78 is 1.66. The normalized spacial score (nSPS) is 10.9. The Kier molecular flexibility index (Phi) is 2.78. The molecular formula is C11H13N3OS. The maximum Gasteiger partial charge on any atom is 0.267 e. The molecule has 0 spiro atoms. The summed E-state index contributed by atoms with van der Waals surface area (Å²) in [4.78, 5) is 12.3. The van der Waals surface area contributed by atoms with Gasteiger partial charge in [-0.15, -0.1) is 11.3 Å². The van der Waals surface area contributed by atoms with Crippen LogP contribution in [0.5, 0.6) is 0 Å². The average Bonchev–Trinajstić information content (AvgIpc) is 2.86. The molecule has 84 valence electrons. The van der Waals surface area contributed by atoms with Gasteiger partial charge in [0.25, 0.3) is 5.91 Å². The van der Waals surface area contributed by atoms with Crippen LogP contribution in [0.25, 0.3) is 10.6 Å². The highest BCUT2D eigenvalue weighted by Gasteiger charge is 2.15. The second-order valence-corrected chi connectivity index (χ2v) is 4.74. The standard InChI is InChI=1S/C11H13N3OS/c1-7(2)14-9(11(12)15)6-8(13-14)10-4-3-5-16-10/h3-7H,1-2H3,(H2,12,15). The SMILES string of the molecule is CC(C)n1nc(-c2cccs2)cc1C(N)=O. The molecule has 5 heteroatoms. The number of amides is 1. The number of rotatable bonds is 3. The second kappa shape index (κ2) is 4.09. The lowest BCUT2D eigenvalue weighted by molar-refractivity contribution is 0.0988. The summed E-state index contributed by atoms with van der Waals surface area (Å²) in [7, 11) is 0. The van der Waals surface area contributed by atoms with Crippen molar-refractivity contribution in [3.63, 3.8) is 0 Å². The maximum atomic E-state index is 11.3. The van der Waals surface area contributed by atoms with E-state index in [9.17, 15) is 4.79 Å². The van der Waals surface area contributed by atoms with Gasteiger partial charge in [0.15, 0.2) is 0 Å². The monoisotopic (exact) mass is 235 g/mol. The number of hydrogen-bond acceptors (Lipinski definition) is 3. The predicted octanol–water partition coefficient (Wildman–Crippen LogP) is 2.29. The molecule has 0 aromatic carbocycles. The first-order chi connectivity index (χ1) is 7.59. The molecule has 2 aromatic heterocycles. The fourth-order valence-corrected chi connectivity index (χ4v) is 2.20. The average molecular weight is 235 g/mol. The van der Waals surface area contributed by atoms with Crippen LogP contribution in [-0.4, -0.2) is 15.7 Å². The molecule has 2 N–H and O–H groups in total. The van der Waals surface area contributed by atoms with Crippen LogP contribution in [0, 0.1) is 0 Å². The molecule has 2 heterocycles. The Morgan fingerprint density at radius 1 is 1.56 bits per heavy atom. The van der Waals surface area contributed by atoms with Crippen LogP contribution >= 0.6 is 11.3 Å². The van der Waals surface area contributed by atoms with E-state index in [1.807, 2.05) is 31.4 Å². The van der Waals surface area contributed by atoms with Crippen LogP contribution in [0.1, 0.15) is 30.4 Å². The van der Waals surface area contributed by atoms with E-state index in [0.29, 0.717) is 5.69 Å². The van der Waals surface area contributed by atoms with Gasteiger partial charge in [-0.1, -0.05) is 6.07 Å². The van der Waals surface area contributed by atoms with Crippen LogP contribution in [0.3, 0.4) is 0 Å². The lowest BCUT2D eigenvalue weighted by Gasteiger charge is -2.07. The first-order valence-electron chi connectivity index (χ1n) is 5.03. The number of aromatic nitrogens is 2. The van der Waals surface area contributed by atoms with Gasteiger partial charge in [-0.05, 0) is 31.4 Å². The van der Waals surface area contributed by atoms with E-state index in [-0.39, 0.29) is 6.04 Å². The molecule has 16 heavy (non-hydrogen) atoms. The summed E-state index contributed by atoms with van der Waals surface area (Å²) in [6, 6.07) is 5.80. The van der Waals surface area contributed by atoms with Crippen molar-refractivity contribution in [3.05, 3.63) is 29.3 Å². The molecule has 0 saturated carbocycles. The Labute approximate surface area is 97.7 Å².